The van der Waals surface area contributed by atoms with Crippen LogP contribution in [-0.2, 0) is 4.84 Å². The molecule has 1 aromatic carbocycles. The first-order valence-corrected chi connectivity index (χ1v) is 7.04. The van der Waals surface area contributed by atoms with Gasteiger partial charge in [0.1, 0.15) is 19.5 Å². The summed E-state index contributed by atoms with van der Waals surface area (Å²) in [5, 5.41) is 11.6. The van der Waals surface area contributed by atoms with Gasteiger partial charge in [-0.2, -0.15) is 0 Å². The molecule has 0 spiro atoms. The zero-order valence-corrected chi connectivity index (χ0v) is 12.9. The van der Waals surface area contributed by atoms with E-state index in [1.807, 2.05) is 20.8 Å². The summed E-state index contributed by atoms with van der Waals surface area (Å²) in [4.78, 5) is 21.1. The molecule has 0 aliphatic heterocycles. The highest BCUT2D eigenvalue weighted by Crippen LogP contribution is 2.20. The number of hydrogen-bond acceptors (Lipinski definition) is 5. The molecule has 3 N–H and O–H groups in total. The number of benzene rings is 1. The third kappa shape index (κ3) is 4.51. The Kier molecular flexibility index (Phi) is 5.67. The van der Waals surface area contributed by atoms with Gasteiger partial charge in [0, 0.05) is 6.20 Å². The van der Waals surface area contributed by atoms with Crippen LogP contribution >= 0.6 is 0 Å². The fourth-order valence-corrected chi connectivity index (χ4v) is 2.01. The number of pyridine rings is 1. The minimum atomic E-state index is -0.550. The van der Waals surface area contributed by atoms with Crippen molar-refractivity contribution in [3.63, 3.8) is 0 Å². The molecule has 2 aromatic rings. The number of carbonyl (C=O) groups is 1. The summed E-state index contributed by atoms with van der Waals surface area (Å²) < 4.78 is 13.5. The van der Waals surface area contributed by atoms with Crippen molar-refractivity contribution >= 4 is 30.7 Å². The molecule has 1 heterocycles. The van der Waals surface area contributed by atoms with Gasteiger partial charge in [-0.05, 0) is 36.1 Å². The van der Waals surface area contributed by atoms with E-state index >= 15 is 0 Å². The van der Waals surface area contributed by atoms with Crippen LogP contribution in [0.15, 0.2) is 30.5 Å². The summed E-state index contributed by atoms with van der Waals surface area (Å²) in [5.74, 6) is -0.498. The third-order valence-electron chi connectivity index (χ3n) is 3.05. The molecule has 6 nitrogen and oxygen atoms in total. The topological polar surface area (TPSA) is 83.5 Å². The minimum absolute atomic E-state index is 0.0334. The summed E-state index contributed by atoms with van der Waals surface area (Å²) in [6.07, 6.45) is 1.68. The van der Waals surface area contributed by atoms with Crippen molar-refractivity contribution < 1.29 is 19.1 Å². The van der Waals surface area contributed by atoms with E-state index in [1.54, 1.807) is 6.20 Å². The first-order chi connectivity index (χ1) is 11.0. The van der Waals surface area contributed by atoms with Crippen LogP contribution in [0.4, 0.5) is 15.9 Å². The molecule has 0 bridgehead atoms. The highest BCUT2D eigenvalue weighted by atomic mass is 19.1. The number of aliphatic hydroxyl groups is 1. The second-order valence-corrected chi connectivity index (χ2v) is 5.00. The maximum atomic E-state index is 13.5. The number of halogens is 1. The maximum Gasteiger partial charge on any atom is 0.276 e. The van der Waals surface area contributed by atoms with Crippen molar-refractivity contribution in [2.45, 2.75) is 6.92 Å². The van der Waals surface area contributed by atoms with Gasteiger partial charge in [0.05, 0.1) is 24.5 Å². The Labute approximate surface area is 134 Å². The van der Waals surface area contributed by atoms with Crippen LogP contribution in [0.25, 0.3) is 0 Å². The highest BCUT2D eigenvalue weighted by molar-refractivity contribution is 6.35. The summed E-state index contributed by atoms with van der Waals surface area (Å²) in [6, 6.07) is 5.67. The molecule has 0 aliphatic carbocycles. The molecule has 0 radical (unpaired) electrons. The van der Waals surface area contributed by atoms with Crippen LogP contribution in [-0.4, -0.2) is 37.1 Å². The molecule has 120 valence electrons. The fourth-order valence-electron chi connectivity index (χ4n) is 2.01. The first-order valence-electron chi connectivity index (χ1n) is 7.04. The van der Waals surface area contributed by atoms with E-state index in [0.29, 0.717) is 5.82 Å². The molecule has 0 saturated heterocycles. The highest BCUT2D eigenvalue weighted by Gasteiger charge is 2.14. The second-order valence-electron chi connectivity index (χ2n) is 5.00. The number of aryl methyl sites for hydroxylation is 1. The standard InChI is InChI=1S/C15H17BFN3O3/c1-9-6-12(16)14(18-8-9)19-13-7-10(17)2-3-11(13)15(22)20-23-5-4-21/h2-3,6-8,21H,4-5,16H2,1H3,(H,18,19)(H,20,22). The summed E-state index contributed by atoms with van der Waals surface area (Å²) >= 11 is 0. The number of nitrogens with one attached hydrogen (secondary N) is 2. The van der Waals surface area contributed by atoms with Gasteiger partial charge in [-0.1, -0.05) is 6.07 Å². The van der Waals surface area contributed by atoms with Gasteiger partial charge < -0.3 is 10.4 Å². The molecule has 0 saturated carbocycles. The Morgan fingerprint density at radius 1 is 1.43 bits per heavy atom. The van der Waals surface area contributed by atoms with Gasteiger partial charge in [0.25, 0.3) is 5.91 Å². The van der Waals surface area contributed by atoms with Crippen molar-refractivity contribution in [3.8, 4) is 0 Å². The minimum Gasteiger partial charge on any atom is -0.394 e. The SMILES string of the molecule is Bc1cc(C)cnc1Nc1cc(F)ccc1C(=O)NOCCO. The van der Waals surface area contributed by atoms with E-state index in [4.69, 9.17) is 9.94 Å². The quantitative estimate of drug-likeness (QED) is 0.402. The van der Waals surface area contributed by atoms with Crippen LogP contribution in [0.2, 0.25) is 0 Å². The lowest BCUT2D eigenvalue weighted by molar-refractivity contribution is 0.0169. The van der Waals surface area contributed by atoms with Crippen molar-refractivity contribution in [3.05, 3.63) is 47.4 Å². The lowest BCUT2D eigenvalue weighted by Crippen LogP contribution is -2.26. The van der Waals surface area contributed by atoms with Gasteiger partial charge >= 0.3 is 0 Å². The zero-order valence-electron chi connectivity index (χ0n) is 12.9. The monoisotopic (exact) mass is 317 g/mol. The van der Waals surface area contributed by atoms with Crippen LogP contribution < -0.4 is 16.3 Å². The van der Waals surface area contributed by atoms with Crippen molar-refractivity contribution in [2.75, 3.05) is 18.5 Å². The molecule has 8 heteroatoms. The van der Waals surface area contributed by atoms with E-state index in [9.17, 15) is 9.18 Å². The molecule has 2 rings (SSSR count). The number of aromatic nitrogens is 1. The van der Waals surface area contributed by atoms with E-state index in [-0.39, 0.29) is 24.5 Å². The Morgan fingerprint density at radius 2 is 2.22 bits per heavy atom. The van der Waals surface area contributed by atoms with Gasteiger partial charge in [0.15, 0.2) is 0 Å². The number of rotatable bonds is 6. The number of amides is 1. The number of hydrogen-bond donors (Lipinski definition) is 3. The molecule has 1 amide bonds. The van der Waals surface area contributed by atoms with Crippen LogP contribution in [0, 0.1) is 12.7 Å². The normalized spacial score (nSPS) is 10.4. The molecular weight excluding hydrogens is 300 g/mol. The number of anilines is 2. The predicted octanol–water partition coefficient (Wildman–Crippen LogP) is 0.185. The van der Waals surface area contributed by atoms with E-state index in [2.05, 4.69) is 15.8 Å². The van der Waals surface area contributed by atoms with Crippen LogP contribution in [0.1, 0.15) is 15.9 Å². The molecule has 0 aliphatic rings. The molecule has 0 unspecified atom stereocenters. The Morgan fingerprint density at radius 3 is 2.91 bits per heavy atom. The summed E-state index contributed by atoms with van der Waals surface area (Å²) in [5.41, 5.74) is 4.54. The van der Waals surface area contributed by atoms with E-state index in [0.717, 1.165) is 11.0 Å². The van der Waals surface area contributed by atoms with E-state index in [1.165, 1.54) is 18.2 Å². The Bertz CT molecular complexity index is 712. The summed E-state index contributed by atoms with van der Waals surface area (Å²) in [7, 11) is 1.87. The average molecular weight is 317 g/mol. The molecule has 0 fully saturated rings. The summed E-state index contributed by atoms with van der Waals surface area (Å²) in [6.45, 7) is 1.67. The molecular formula is C15H17BFN3O3. The van der Waals surface area contributed by atoms with Crippen LogP contribution in [0.5, 0.6) is 0 Å². The van der Waals surface area contributed by atoms with Crippen molar-refractivity contribution in [1.29, 1.82) is 0 Å². The predicted molar refractivity (Wildman–Crippen MR) is 87.3 cm³/mol. The third-order valence-corrected chi connectivity index (χ3v) is 3.05. The lowest BCUT2D eigenvalue weighted by Gasteiger charge is -2.13. The van der Waals surface area contributed by atoms with Crippen molar-refractivity contribution in [2.24, 2.45) is 0 Å². The second kappa shape index (κ2) is 7.71. The fraction of sp³-hybridized carbons (Fsp3) is 0.200. The average Bonchev–Trinajstić information content (AvgIpc) is 2.50. The van der Waals surface area contributed by atoms with Crippen molar-refractivity contribution in [1.82, 2.24) is 10.5 Å². The number of aliphatic hydroxyl groups excluding tert-OH is 1. The van der Waals surface area contributed by atoms with Crippen LogP contribution in [0.3, 0.4) is 0 Å². The smallest absolute Gasteiger partial charge is 0.276 e. The number of hydroxylamine groups is 1. The number of nitrogens with zero attached hydrogens (tertiary/aromatic N) is 1. The van der Waals surface area contributed by atoms with Gasteiger partial charge in [0.2, 0.25) is 0 Å². The molecule has 23 heavy (non-hydrogen) atoms. The maximum absolute atomic E-state index is 13.5. The Balaban J connectivity index is 2.26. The lowest BCUT2D eigenvalue weighted by atomic mass is 9.95. The van der Waals surface area contributed by atoms with E-state index < -0.39 is 11.7 Å². The Hall–Kier alpha value is -2.45. The molecule has 0 atom stereocenters. The zero-order chi connectivity index (χ0) is 16.8. The number of carbonyl (C=O) groups excluding carboxylic acids is 1. The van der Waals surface area contributed by atoms with Gasteiger partial charge in [-0.15, -0.1) is 0 Å². The largest absolute Gasteiger partial charge is 0.394 e. The first kappa shape index (κ1) is 16.9. The van der Waals surface area contributed by atoms with Gasteiger partial charge in [-0.25, -0.2) is 14.9 Å². The molecule has 1 aromatic heterocycles. The van der Waals surface area contributed by atoms with Gasteiger partial charge in [-0.3, -0.25) is 9.63 Å².